The average Bonchev–Trinajstić information content (AvgIpc) is 2.82. The van der Waals surface area contributed by atoms with Crippen molar-refractivity contribution in [2.24, 2.45) is 0 Å². The molecule has 17 heavy (non-hydrogen) atoms. The lowest BCUT2D eigenvalue weighted by Crippen LogP contribution is -2.23. The van der Waals surface area contributed by atoms with Gasteiger partial charge in [-0.2, -0.15) is 0 Å². The van der Waals surface area contributed by atoms with Crippen molar-refractivity contribution < 1.29 is 9.47 Å². The Bertz CT molecular complexity index is 301. The van der Waals surface area contributed by atoms with Crippen molar-refractivity contribution in [2.45, 2.75) is 26.3 Å². The van der Waals surface area contributed by atoms with Crippen molar-refractivity contribution in [3.63, 3.8) is 0 Å². The summed E-state index contributed by atoms with van der Waals surface area (Å²) in [5.41, 5.74) is 0. The first-order valence-electron chi connectivity index (χ1n) is 6.16. The Labute approximate surface area is 108 Å². The van der Waals surface area contributed by atoms with Crippen molar-refractivity contribution >= 4 is 11.3 Å². The first-order chi connectivity index (χ1) is 8.27. The summed E-state index contributed by atoms with van der Waals surface area (Å²) in [5.74, 6) is 0. The molecule has 0 saturated carbocycles. The summed E-state index contributed by atoms with van der Waals surface area (Å²) in [5, 5.41) is 3.46. The number of aryl methyl sites for hydroxylation is 1. The van der Waals surface area contributed by atoms with Crippen LogP contribution in [0.4, 0.5) is 0 Å². The van der Waals surface area contributed by atoms with E-state index in [1.165, 1.54) is 9.75 Å². The van der Waals surface area contributed by atoms with E-state index in [9.17, 15) is 0 Å². The first kappa shape index (κ1) is 14.6. The van der Waals surface area contributed by atoms with Crippen molar-refractivity contribution in [1.82, 2.24) is 5.32 Å². The van der Waals surface area contributed by atoms with Gasteiger partial charge in [-0.15, -0.1) is 11.3 Å². The van der Waals surface area contributed by atoms with Gasteiger partial charge in [-0.3, -0.25) is 0 Å². The van der Waals surface area contributed by atoms with Crippen LogP contribution in [-0.4, -0.2) is 33.5 Å². The summed E-state index contributed by atoms with van der Waals surface area (Å²) in [6.07, 6.45) is 1.12. The molecular weight excluding hydrogens is 234 g/mol. The Hall–Kier alpha value is -0.420. The van der Waals surface area contributed by atoms with Crippen LogP contribution >= 0.6 is 11.3 Å². The van der Waals surface area contributed by atoms with Gasteiger partial charge in [-0.1, -0.05) is 6.92 Å². The summed E-state index contributed by atoms with van der Waals surface area (Å²) in [6.45, 7) is 7.34. The molecule has 0 spiro atoms. The van der Waals surface area contributed by atoms with Gasteiger partial charge >= 0.3 is 0 Å². The van der Waals surface area contributed by atoms with Gasteiger partial charge in [0.1, 0.15) is 0 Å². The summed E-state index contributed by atoms with van der Waals surface area (Å²) in [6, 6.07) is 4.84. The number of nitrogens with one attached hydrogen (secondary N) is 1. The van der Waals surface area contributed by atoms with Gasteiger partial charge in [0.05, 0.1) is 19.8 Å². The smallest absolute Gasteiger partial charge is 0.0700 e. The van der Waals surface area contributed by atoms with Crippen LogP contribution < -0.4 is 5.32 Å². The Morgan fingerprint density at radius 2 is 2.12 bits per heavy atom. The second-order valence-electron chi connectivity index (χ2n) is 3.94. The molecule has 0 saturated heterocycles. The molecule has 1 heterocycles. The number of thiophene rings is 1. The highest BCUT2D eigenvalue weighted by Crippen LogP contribution is 2.23. The zero-order valence-electron chi connectivity index (χ0n) is 11.0. The monoisotopic (exact) mass is 257 g/mol. The summed E-state index contributed by atoms with van der Waals surface area (Å²) < 4.78 is 10.3. The molecule has 1 unspecified atom stereocenters. The number of hydrogen-bond donors (Lipinski definition) is 1. The van der Waals surface area contributed by atoms with Crippen LogP contribution in [0.2, 0.25) is 0 Å². The highest BCUT2D eigenvalue weighted by molar-refractivity contribution is 7.12. The Morgan fingerprint density at radius 3 is 2.76 bits per heavy atom. The second-order valence-corrected chi connectivity index (χ2v) is 5.14. The fraction of sp³-hybridized carbons (Fsp3) is 0.692. The molecule has 1 rings (SSSR count). The SMILES string of the molecule is CCc1ccc(C(C)NCCOCCOC)s1. The topological polar surface area (TPSA) is 30.5 Å². The molecule has 1 aromatic rings. The van der Waals surface area contributed by atoms with Crippen LogP contribution in [0.1, 0.15) is 29.6 Å². The molecule has 0 bridgehead atoms. The second kappa shape index (κ2) is 8.64. The third kappa shape index (κ3) is 5.64. The molecule has 0 aliphatic heterocycles. The molecule has 1 aromatic heterocycles. The quantitative estimate of drug-likeness (QED) is 0.690. The zero-order valence-corrected chi connectivity index (χ0v) is 11.8. The highest BCUT2D eigenvalue weighted by atomic mass is 32.1. The standard InChI is InChI=1S/C13H23NO2S/c1-4-12-5-6-13(17-12)11(2)14-7-8-16-10-9-15-3/h5-6,11,14H,4,7-10H2,1-3H3. The van der Waals surface area contributed by atoms with E-state index in [-0.39, 0.29) is 0 Å². The molecule has 0 aromatic carbocycles. The molecular formula is C13H23NO2S. The molecule has 0 aliphatic rings. The molecule has 0 fully saturated rings. The Morgan fingerprint density at radius 1 is 1.29 bits per heavy atom. The van der Waals surface area contributed by atoms with E-state index in [1.807, 2.05) is 11.3 Å². The lowest BCUT2D eigenvalue weighted by molar-refractivity contribution is 0.0712. The fourth-order valence-electron chi connectivity index (χ4n) is 1.51. The molecule has 0 aliphatic carbocycles. The van der Waals surface area contributed by atoms with Crippen LogP contribution in [0.15, 0.2) is 12.1 Å². The Balaban J connectivity index is 2.14. The van der Waals surface area contributed by atoms with E-state index in [0.717, 1.165) is 19.6 Å². The molecule has 0 amide bonds. The minimum atomic E-state index is 0.409. The van der Waals surface area contributed by atoms with Gasteiger partial charge in [0, 0.05) is 29.5 Å². The number of hydrogen-bond acceptors (Lipinski definition) is 4. The van der Waals surface area contributed by atoms with Crippen LogP contribution in [0.25, 0.3) is 0 Å². The number of rotatable bonds is 9. The molecule has 3 nitrogen and oxygen atoms in total. The van der Waals surface area contributed by atoms with Crippen molar-refractivity contribution in [3.8, 4) is 0 Å². The van der Waals surface area contributed by atoms with Crippen LogP contribution in [-0.2, 0) is 15.9 Å². The maximum atomic E-state index is 5.40. The van der Waals surface area contributed by atoms with Gasteiger partial charge in [0.25, 0.3) is 0 Å². The maximum absolute atomic E-state index is 5.40. The molecule has 1 atom stereocenters. The van der Waals surface area contributed by atoms with Crippen molar-refractivity contribution in [1.29, 1.82) is 0 Å². The van der Waals surface area contributed by atoms with E-state index in [0.29, 0.717) is 19.3 Å². The van der Waals surface area contributed by atoms with Gasteiger partial charge in [-0.05, 0) is 25.5 Å². The molecule has 98 valence electrons. The summed E-state index contributed by atoms with van der Waals surface area (Å²) in [4.78, 5) is 2.85. The van der Waals surface area contributed by atoms with Crippen LogP contribution in [0, 0.1) is 0 Å². The third-order valence-electron chi connectivity index (χ3n) is 2.59. The minimum Gasteiger partial charge on any atom is -0.382 e. The van der Waals surface area contributed by atoms with E-state index in [1.54, 1.807) is 7.11 Å². The largest absolute Gasteiger partial charge is 0.382 e. The lowest BCUT2D eigenvalue weighted by Gasteiger charge is -2.12. The average molecular weight is 257 g/mol. The number of ether oxygens (including phenoxy) is 2. The van der Waals surface area contributed by atoms with E-state index in [2.05, 4.69) is 31.3 Å². The normalized spacial score (nSPS) is 12.9. The first-order valence-corrected chi connectivity index (χ1v) is 6.98. The highest BCUT2D eigenvalue weighted by Gasteiger charge is 2.06. The van der Waals surface area contributed by atoms with Crippen LogP contribution in [0.3, 0.4) is 0 Å². The Kier molecular flexibility index (Phi) is 7.44. The predicted molar refractivity (Wildman–Crippen MR) is 72.8 cm³/mol. The molecule has 1 N–H and O–H groups in total. The fourth-order valence-corrected chi connectivity index (χ4v) is 2.49. The van der Waals surface area contributed by atoms with Crippen LogP contribution in [0.5, 0.6) is 0 Å². The van der Waals surface area contributed by atoms with Gasteiger partial charge < -0.3 is 14.8 Å². The zero-order chi connectivity index (χ0) is 12.5. The minimum absolute atomic E-state index is 0.409. The summed E-state index contributed by atoms with van der Waals surface area (Å²) >= 11 is 1.89. The third-order valence-corrected chi connectivity index (χ3v) is 4.00. The molecule has 4 heteroatoms. The van der Waals surface area contributed by atoms with Gasteiger partial charge in [0.2, 0.25) is 0 Å². The molecule has 0 radical (unpaired) electrons. The predicted octanol–water partition coefficient (Wildman–Crippen LogP) is 2.62. The van der Waals surface area contributed by atoms with E-state index in [4.69, 9.17) is 9.47 Å². The number of methoxy groups -OCH3 is 1. The van der Waals surface area contributed by atoms with Crippen molar-refractivity contribution in [3.05, 3.63) is 21.9 Å². The van der Waals surface area contributed by atoms with Crippen molar-refractivity contribution in [2.75, 3.05) is 33.5 Å². The van der Waals surface area contributed by atoms with E-state index < -0.39 is 0 Å². The van der Waals surface area contributed by atoms with Gasteiger partial charge in [0.15, 0.2) is 0 Å². The van der Waals surface area contributed by atoms with E-state index >= 15 is 0 Å². The lowest BCUT2D eigenvalue weighted by atomic mass is 10.2. The summed E-state index contributed by atoms with van der Waals surface area (Å²) in [7, 11) is 1.69. The van der Waals surface area contributed by atoms with Gasteiger partial charge in [-0.25, -0.2) is 0 Å². The maximum Gasteiger partial charge on any atom is 0.0700 e.